The van der Waals surface area contributed by atoms with Gasteiger partial charge in [-0.05, 0) is 35.7 Å². The molecular weight excluding hydrogens is 196 g/mol. The van der Waals surface area contributed by atoms with Gasteiger partial charge in [0.2, 0.25) is 0 Å². The minimum absolute atomic E-state index is 0.949. The first-order valence-electron chi connectivity index (χ1n) is 5.38. The van der Waals surface area contributed by atoms with E-state index < -0.39 is 0 Å². The van der Waals surface area contributed by atoms with Crippen LogP contribution in [0, 0.1) is 6.92 Å². The van der Waals surface area contributed by atoms with Gasteiger partial charge < -0.3 is 4.42 Å². The summed E-state index contributed by atoms with van der Waals surface area (Å²) in [7, 11) is 0. The van der Waals surface area contributed by atoms with Crippen LogP contribution in [-0.2, 0) is 0 Å². The second-order valence-electron chi connectivity index (χ2n) is 3.96. The minimum Gasteiger partial charge on any atom is -0.464 e. The number of furan rings is 1. The largest absolute Gasteiger partial charge is 0.464 e. The van der Waals surface area contributed by atoms with E-state index in [1.807, 2.05) is 18.2 Å². The Balaban J connectivity index is 2.38. The molecule has 0 atom stereocenters. The molecule has 0 saturated heterocycles. The lowest BCUT2D eigenvalue weighted by Crippen LogP contribution is -1.83. The van der Waals surface area contributed by atoms with Crippen molar-refractivity contribution in [1.82, 2.24) is 0 Å². The quantitative estimate of drug-likeness (QED) is 0.577. The van der Waals surface area contributed by atoms with Crippen molar-refractivity contribution in [2.45, 2.75) is 6.92 Å². The van der Waals surface area contributed by atoms with Gasteiger partial charge in [0.15, 0.2) is 0 Å². The highest BCUT2D eigenvalue weighted by Gasteiger charge is 2.08. The Labute approximate surface area is 94.3 Å². The fourth-order valence-electron chi connectivity index (χ4n) is 2.14. The maximum absolute atomic E-state index is 5.44. The Bertz CT molecular complexity index is 620. The van der Waals surface area contributed by atoms with Crippen molar-refractivity contribution in [3.63, 3.8) is 0 Å². The SMILES string of the molecule is Cc1ccc2occc2c1-c1ccccc1. The van der Waals surface area contributed by atoms with E-state index in [2.05, 4.69) is 37.3 Å². The Hall–Kier alpha value is -2.02. The average Bonchev–Trinajstić information content (AvgIpc) is 2.78. The van der Waals surface area contributed by atoms with Gasteiger partial charge in [-0.25, -0.2) is 0 Å². The van der Waals surface area contributed by atoms with Crippen LogP contribution in [0.5, 0.6) is 0 Å². The van der Waals surface area contributed by atoms with Gasteiger partial charge >= 0.3 is 0 Å². The number of benzene rings is 2. The molecule has 1 nitrogen and oxygen atoms in total. The minimum atomic E-state index is 0.949. The molecule has 3 rings (SSSR count). The van der Waals surface area contributed by atoms with E-state index in [0.717, 1.165) is 5.58 Å². The summed E-state index contributed by atoms with van der Waals surface area (Å²) in [4.78, 5) is 0. The first-order chi connectivity index (χ1) is 7.86. The highest BCUT2D eigenvalue weighted by molar-refractivity contribution is 5.95. The lowest BCUT2D eigenvalue weighted by Gasteiger charge is -2.06. The number of hydrogen-bond donors (Lipinski definition) is 0. The summed E-state index contributed by atoms with van der Waals surface area (Å²) in [5.41, 5.74) is 4.74. The van der Waals surface area contributed by atoms with Crippen LogP contribution in [0.15, 0.2) is 59.2 Å². The van der Waals surface area contributed by atoms with E-state index >= 15 is 0 Å². The fraction of sp³-hybridized carbons (Fsp3) is 0.0667. The smallest absolute Gasteiger partial charge is 0.134 e. The van der Waals surface area contributed by atoms with Gasteiger partial charge in [-0.1, -0.05) is 36.4 Å². The molecule has 1 heterocycles. The van der Waals surface area contributed by atoms with Crippen LogP contribution in [0.1, 0.15) is 5.56 Å². The Kier molecular flexibility index (Phi) is 2.03. The molecule has 0 saturated carbocycles. The number of rotatable bonds is 1. The topological polar surface area (TPSA) is 13.1 Å². The second-order valence-corrected chi connectivity index (χ2v) is 3.96. The Morgan fingerprint density at radius 1 is 0.875 bits per heavy atom. The molecule has 0 aliphatic carbocycles. The number of hydrogen-bond acceptors (Lipinski definition) is 1. The highest BCUT2D eigenvalue weighted by Crippen LogP contribution is 2.32. The standard InChI is InChI=1S/C15H12O/c1-11-7-8-14-13(9-10-16-14)15(11)12-5-3-2-4-6-12/h2-10H,1H3. The first kappa shape index (κ1) is 9.22. The van der Waals surface area contributed by atoms with Crippen LogP contribution < -0.4 is 0 Å². The first-order valence-corrected chi connectivity index (χ1v) is 5.38. The molecule has 0 N–H and O–H groups in total. The van der Waals surface area contributed by atoms with Crippen LogP contribution in [0.4, 0.5) is 0 Å². The van der Waals surface area contributed by atoms with Crippen molar-refractivity contribution in [3.8, 4) is 11.1 Å². The summed E-state index contributed by atoms with van der Waals surface area (Å²) in [6.45, 7) is 2.13. The van der Waals surface area contributed by atoms with E-state index in [-0.39, 0.29) is 0 Å². The predicted octanol–water partition coefficient (Wildman–Crippen LogP) is 4.41. The summed E-state index contributed by atoms with van der Waals surface area (Å²) >= 11 is 0. The van der Waals surface area contributed by atoms with Gasteiger partial charge in [0.05, 0.1) is 6.26 Å². The predicted molar refractivity (Wildman–Crippen MR) is 66.4 cm³/mol. The molecule has 0 unspecified atom stereocenters. The Morgan fingerprint density at radius 3 is 2.50 bits per heavy atom. The molecule has 0 bridgehead atoms. The lowest BCUT2D eigenvalue weighted by molar-refractivity contribution is 0.616. The molecule has 0 amide bonds. The zero-order valence-corrected chi connectivity index (χ0v) is 9.10. The molecule has 16 heavy (non-hydrogen) atoms. The summed E-state index contributed by atoms with van der Waals surface area (Å²) in [6, 6.07) is 16.6. The maximum atomic E-state index is 5.44. The molecule has 0 spiro atoms. The molecule has 0 radical (unpaired) electrons. The van der Waals surface area contributed by atoms with Crippen molar-refractivity contribution in [2.75, 3.05) is 0 Å². The van der Waals surface area contributed by atoms with E-state index in [9.17, 15) is 0 Å². The molecule has 0 fully saturated rings. The van der Waals surface area contributed by atoms with Gasteiger partial charge in [-0.3, -0.25) is 0 Å². The zero-order chi connectivity index (χ0) is 11.0. The van der Waals surface area contributed by atoms with Crippen LogP contribution in [-0.4, -0.2) is 0 Å². The monoisotopic (exact) mass is 208 g/mol. The van der Waals surface area contributed by atoms with Crippen molar-refractivity contribution < 1.29 is 4.42 Å². The number of aryl methyl sites for hydroxylation is 1. The average molecular weight is 208 g/mol. The van der Waals surface area contributed by atoms with Gasteiger partial charge in [-0.2, -0.15) is 0 Å². The Morgan fingerprint density at radius 2 is 1.69 bits per heavy atom. The summed E-state index contributed by atoms with van der Waals surface area (Å²) in [5, 5.41) is 1.19. The van der Waals surface area contributed by atoms with Crippen molar-refractivity contribution >= 4 is 11.0 Å². The molecule has 1 heteroatoms. The molecule has 0 aliphatic heterocycles. The van der Waals surface area contributed by atoms with Gasteiger partial charge in [0, 0.05) is 5.39 Å². The third-order valence-corrected chi connectivity index (χ3v) is 2.91. The van der Waals surface area contributed by atoms with Crippen LogP contribution in [0.2, 0.25) is 0 Å². The van der Waals surface area contributed by atoms with E-state index in [0.29, 0.717) is 0 Å². The van der Waals surface area contributed by atoms with Crippen LogP contribution in [0.3, 0.4) is 0 Å². The van der Waals surface area contributed by atoms with Crippen molar-refractivity contribution in [1.29, 1.82) is 0 Å². The van der Waals surface area contributed by atoms with E-state index in [4.69, 9.17) is 4.42 Å². The fourth-order valence-corrected chi connectivity index (χ4v) is 2.14. The third kappa shape index (κ3) is 1.33. The van der Waals surface area contributed by atoms with Gasteiger partial charge in [0.1, 0.15) is 5.58 Å². The molecule has 0 aliphatic rings. The van der Waals surface area contributed by atoms with Crippen molar-refractivity contribution in [2.24, 2.45) is 0 Å². The molecular formula is C15H12O. The van der Waals surface area contributed by atoms with Crippen LogP contribution in [0.25, 0.3) is 22.1 Å². The molecule has 3 aromatic rings. The summed E-state index contributed by atoms with van der Waals surface area (Å²) in [5.74, 6) is 0. The highest BCUT2D eigenvalue weighted by atomic mass is 16.3. The summed E-state index contributed by atoms with van der Waals surface area (Å²) < 4.78 is 5.44. The van der Waals surface area contributed by atoms with E-state index in [1.165, 1.54) is 22.1 Å². The lowest BCUT2D eigenvalue weighted by atomic mass is 9.97. The zero-order valence-electron chi connectivity index (χ0n) is 9.10. The van der Waals surface area contributed by atoms with Gasteiger partial charge in [0.25, 0.3) is 0 Å². The third-order valence-electron chi connectivity index (χ3n) is 2.91. The second kappa shape index (κ2) is 3.53. The normalized spacial score (nSPS) is 10.8. The van der Waals surface area contributed by atoms with Gasteiger partial charge in [-0.15, -0.1) is 0 Å². The maximum Gasteiger partial charge on any atom is 0.134 e. The van der Waals surface area contributed by atoms with Crippen LogP contribution >= 0.6 is 0 Å². The molecule has 78 valence electrons. The number of fused-ring (bicyclic) bond motifs is 1. The molecule has 1 aromatic heterocycles. The van der Waals surface area contributed by atoms with Crippen molar-refractivity contribution in [3.05, 3.63) is 60.4 Å². The molecule has 2 aromatic carbocycles. The summed E-state index contributed by atoms with van der Waals surface area (Å²) in [6.07, 6.45) is 1.75. The van der Waals surface area contributed by atoms with E-state index in [1.54, 1.807) is 6.26 Å².